The topological polar surface area (TPSA) is 65.8 Å². The molecule has 1 atom stereocenters. The van der Waals surface area contributed by atoms with Gasteiger partial charge in [-0.3, -0.25) is 9.69 Å². The second-order valence-electron chi connectivity index (χ2n) is 7.73. The van der Waals surface area contributed by atoms with Crippen LogP contribution in [-0.2, 0) is 11.2 Å². The molecule has 6 nitrogen and oxygen atoms in total. The predicted octanol–water partition coefficient (Wildman–Crippen LogP) is 4.88. The van der Waals surface area contributed by atoms with E-state index < -0.39 is 0 Å². The van der Waals surface area contributed by atoms with E-state index in [4.69, 9.17) is 9.47 Å². The minimum absolute atomic E-state index is 0.0271. The first-order valence-electron chi connectivity index (χ1n) is 10.8. The summed E-state index contributed by atoms with van der Waals surface area (Å²) in [6.45, 7) is 5.04. The third-order valence-electron chi connectivity index (χ3n) is 5.89. The number of carbonyl (C=O) groups is 1. The van der Waals surface area contributed by atoms with Crippen LogP contribution in [0.4, 0.5) is 5.69 Å². The van der Waals surface area contributed by atoms with Gasteiger partial charge in [0.15, 0.2) is 11.5 Å². The van der Waals surface area contributed by atoms with Crippen molar-refractivity contribution in [3.63, 3.8) is 0 Å². The third-order valence-corrected chi connectivity index (χ3v) is 7.05. The highest BCUT2D eigenvalue weighted by Gasteiger charge is 2.38. The van der Waals surface area contributed by atoms with Crippen LogP contribution in [0.15, 0.2) is 53.1 Å². The normalized spacial score (nSPS) is 18.3. The molecule has 0 spiro atoms. The van der Waals surface area contributed by atoms with Crippen molar-refractivity contribution >= 4 is 23.4 Å². The molecule has 0 N–H and O–H groups in total. The van der Waals surface area contributed by atoms with Gasteiger partial charge in [0, 0.05) is 18.0 Å². The fourth-order valence-corrected chi connectivity index (χ4v) is 5.30. The van der Waals surface area contributed by atoms with Crippen LogP contribution in [0.1, 0.15) is 37.3 Å². The van der Waals surface area contributed by atoms with Crippen LogP contribution < -0.4 is 14.4 Å². The lowest BCUT2D eigenvalue weighted by molar-refractivity contribution is -0.129. The first kappa shape index (κ1) is 22.1. The molecule has 0 radical (unpaired) electrons. The van der Waals surface area contributed by atoms with E-state index in [-0.39, 0.29) is 18.2 Å². The molecular formula is C25H27N3O3S. The number of amides is 1. The summed E-state index contributed by atoms with van der Waals surface area (Å²) in [5, 5.41) is 10.8. The lowest BCUT2D eigenvalue weighted by Gasteiger charge is -2.42. The number of nitrogens with zero attached hydrogens (tertiary/aromatic N) is 3. The Balaban J connectivity index is 1.63. The highest BCUT2D eigenvalue weighted by Crippen LogP contribution is 2.44. The molecule has 0 aliphatic carbocycles. The molecular weight excluding hydrogens is 422 g/mol. The number of allylic oxidation sites excluding steroid dienone is 1. The molecule has 1 fully saturated rings. The Morgan fingerprint density at radius 3 is 2.59 bits per heavy atom. The highest BCUT2D eigenvalue weighted by molar-refractivity contribution is 8.03. The van der Waals surface area contributed by atoms with Gasteiger partial charge in [-0.15, -0.1) is 0 Å². The van der Waals surface area contributed by atoms with Crippen molar-refractivity contribution in [1.29, 1.82) is 5.26 Å². The van der Waals surface area contributed by atoms with Crippen LogP contribution in [0.5, 0.6) is 11.5 Å². The van der Waals surface area contributed by atoms with Crippen LogP contribution in [-0.4, -0.2) is 37.1 Å². The standard InChI is InChI=1S/C25H27N3O3S/c1-4-17-6-9-19(10-7-17)27-15-28-24(29)13-20(21(14-26)25(28)32-16-27)18-8-11-22(31-5-2)23(12-18)30-3/h6-12,20H,4-5,13,15-16H2,1-3H3. The molecule has 0 saturated carbocycles. The van der Waals surface area contributed by atoms with Gasteiger partial charge in [0.2, 0.25) is 5.91 Å². The zero-order valence-electron chi connectivity index (χ0n) is 18.6. The number of anilines is 1. The predicted molar refractivity (Wildman–Crippen MR) is 127 cm³/mol. The van der Waals surface area contributed by atoms with Crippen LogP contribution in [0.25, 0.3) is 0 Å². The summed E-state index contributed by atoms with van der Waals surface area (Å²) in [5.74, 6) is 1.70. The summed E-state index contributed by atoms with van der Waals surface area (Å²) in [5.41, 5.74) is 3.90. The van der Waals surface area contributed by atoms with E-state index >= 15 is 0 Å². The van der Waals surface area contributed by atoms with Crippen LogP contribution in [0.3, 0.4) is 0 Å². The largest absolute Gasteiger partial charge is 0.493 e. The quantitative estimate of drug-likeness (QED) is 0.627. The molecule has 0 bridgehead atoms. The molecule has 0 aromatic heterocycles. The Morgan fingerprint density at radius 2 is 1.94 bits per heavy atom. The summed E-state index contributed by atoms with van der Waals surface area (Å²) >= 11 is 1.55. The van der Waals surface area contributed by atoms with Crippen molar-refractivity contribution in [1.82, 2.24) is 4.90 Å². The maximum absolute atomic E-state index is 13.2. The van der Waals surface area contributed by atoms with Crippen LogP contribution in [0, 0.1) is 11.3 Å². The molecule has 4 rings (SSSR count). The molecule has 2 heterocycles. The summed E-state index contributed by atoms with van der Waals surface area (Å²) in [7, 11) is 1.59. The van der Waals surface area contributed by atoms with Crippen molar-refractivity contribution in [2.24, 2.45) is 0 Å². The Morgan fingerprint density at radius 1 is 1.16 bits per heavy atom. The minimum Gasteiger partial charge on any atom is -0.493 e. The molecule has 2 aromatic carbocycles. The lowest BCUT2D eigenvalue weighted by Crippen LogP contribution is -2.47. The van der Waals surface area contributed by atoms with Crippen LogP contribution >= 0.6 is 11.8 Å². The van der Waals surface area contributed by atoms with Gasteiger partial charge in [0.05, 0.1) is 42.9 Å². The number of fused-ring (bicyclic) bond motifs is 1. The number of carbonyl (C=O) groups excluding carboxylic acids is 1. The van der Waals surface area contributed by atoms with E-state index in [0.29, 0.717) is 36.2 Å². The highest BCUT2D eigenvalue weighted by atomic mass is 32.2. The van der Waals surface area contributed by atoms with E-state index in [9.17, 15) is 10.1 Å². The Kier molecular flexibility index (Phi) is 6.61. The van der Waals surface area contributed by atoms with E-state index in [1.54, 1.807) is 23.8 Å². The molecule has 1 amide bonds. The van der Waals surface area contributed by atoms with Gasteiger partial charge in [-0.05, 0) is 48.7 Å². The Labute approximate surface area is 193 Å². The number of hydrogen-bond acceptors (Lipinski definition) is 6. The number of hydrogen-bond donors (Lipinski definition) is 0. The molecule has 7 heteroatoms. The molecule has 2 aliphatic heterocycles. The fourth-order valence-electron chi connectivity index (χ4n) is 4.13. The number of thioether (sulfide) groups is 1. The number of methoxy groups -OCH3 is 1. The first-order valence-corrected chi connectivity index (χ1v) is 11.8. The van der Waals surface area contributed by atoms with Gasteiger partial charge in [-0.1, -0.05) is 36.9 Å². The average molecular weight is 450 g/mol. The van der Waals surface area contributed by atoms with E-state index in [1.807, 2.05) is 25.1 Å². The number of aryl methyl sites for hydroxylation is 1. The SMILES string of the molecule is CCOc1ccc(C2CC(=O)N3CN(c4ccc(CC)cc4)CSC3=C2C#N)cc1OC. The van der Waals surface area contributed by atoms with Crippen LogP contribution in [0.2, 0.25) is 0 Å². The molecule has 2 aromatic rings. The number of benzene rings is 2. The lowest BCUT2D eigenvalue weighted by atomic mass is 9.86. The zero-order valence-corrected chi connectivity index (χ0v) is 19.4. The summed E-state index contributed by atoms with van der Waals surface area (Å²) < 4.78 is 11.1. The Bertz CT molecular complexity index is 1070. The second kappa shape index (κ2) is 9.58. The summed E-state index contributed by atoms with van der Waals surface area (Å²) in [4.78, 5) is 17.1. The number of rotatable bonds is 6. The van der Waals surface area contributed by atoms with Crippen molar-refractivity contribution in [2.45, 2.75) is 32.6 Å². The van der Waals surface area contributed by atoms with Crippen molar-refractivity contribution in [3.05, 3.63) is 64.2 Å². The first-order chi connectivity index (χ1) is 15.6. The Hall–Kier alpha value is -3.11. The zero-order chi connectivity index (χ0) is 22.7. The van der Waals surface area contributed by atoms with Gasteiger partial charge < -0.3 is 14.4 Å². The van der Waals surface area contributed by atoms with Gasteiger partial charge >= 0.3 is 0 Å². The number of ether oxygens (including phenoxy) is 2. The van der Waals surface area contributed by atoms with Crippen molar-refractivity contribution < 1.29 is 14.3 Å². The molecule has 166 valence electrons. The average Bonchev–Trinajstić information content (AvgIpc) is 2.84. The van der Waals surface area contributed by atoms with E-state index in [0.717, 1.165) is 22.7 Å². The second-order valence-corrected chi connectivity index (χ2v) is 8.66. The third kappa shape index (κ3) is 4.15. The molecule has 2 aliphatic rings. The van der Waals surface area contributed by atoms with Crippen molar-refractivity contribution in [3.8, 4) is 17.6 Å². The molecule has 1 unspecified atom stereocenters. The minimum atomic E-state index is -0.286. The van der Waals surface area contributed by atoms with Gasteiger partial charge in [-0.25, -0.2) is 0 Å². The smallest absolute Gasteiger partial charge is 0.229 e. The summed E-state index contributed by atoms with van der Waals surface area (Å²) in [6, 6.07) is 16.5. The summed E-state index contributed by atoms with van der Waals surface area (Å²) in [6.07, 6.45) is 1.25. The maximum atomic E-state index is 13.2. The van der Waals surface area contributed by atoms with Gasteiger partial charge in [-0.2, -0.15) is 5.26 Å². The van der Waals surface area contributed by atoms with Gasteiger partial charge in [0.1, 0.15) is 0 Å². The number of nitriles is 1. The van der Waals surface area contributed by atoms with Gasteiger partial charge in [0.25, 0.3) is 0 Å². The molecule has 32 heavy (non-hydrogen) atoms. The van der Waals surface area contributed by atoms with E-state index in [1.165, 1.54) is 5.56 Å². The fraction of sp³-hybridized carbons (Fsp3) is 0.360. The monoisotopic (exact) mass is 449 g/mol. The van der Waals surface area contributed by atoms with Crippen molar-refractivity contribution in [2.75, 3.05) is 31.2 Å². The van der Waals surface area contributed by atoms with E-state index in [2.05, 4.69) is 42.2 Å². The molecule has 1 saturated heterocycles. The maximum Gasteiger partial charge on any atom is 0.229 e.